The number of rotatable bonds is 5. The van der Waals surface area contributed by atoms with Crippen LogP contribution in [0.4, 0.5) is 0 Å². The third-order valence-electron chi connectivity index (χ3n) is 2.20. The van der Waals surface area contributed by atoms with Crippen LogP contribution in [0.3, 0.4) is 0 Å². The van der Waals surface area contributed by atoms with Gasteiger partial charge in [0.1, 0.15) is 5.75 Å². The zero-order valence-electron chi connectivity index (χ0n) is 9.34. The number of aryl methyl sites for hydroxylation is 1. The summed E-state index contributed by atoms with van der Waals surface area (Å²) in [7, 11) is 1.69. The van der Waals surface area contributed by atoms with Gasteiger partial charge in [0.05, 0.1) is 7.11 Å². The monoisotopic (exact) mass is 203 g/mol. The predicted octanol–water partition coefficient (Wildman–Crippen LogP) is 2.12. The molecule has 1 aromatic rings. The van der Waals surface area contributed by atoms with Gasteiger partial charge < -0.3 is 10.1 Å². The van der Waals surface area contributed by atoms with Crippen LogP contribution in [0.5, 0.6) is 5.75 Å². The highest BCUT2D eigenvalue weighted by atomic mass is 16.5. The van der Waals surface area contributed by atoms with Gasteiger partial charge in [-0.15, -0.1) is 12.3 Å². The highest BCUT2D eigenvalue weighted by Gasteiger charge is 2.01. The van der Waals surface area contributed by atoms with Crippen LogP contribution in [0.15, 0.2) is 18.2 Å². The summed E-state index contributed by atoms with van der Waals surface area (Å²) in [6.45, 7) is 3.71. The van der Waals surface area contributed by atoms with Gasteiger partial charge >= 0.3 is 0 Å². The highest BCUT2D eigenvalue weighted by molar-refractivity contribution is 5.36. The second-order valence-corrected chi connectivity index (χ2v) is 3.45. The van der Waals surface area contributed by atoms with Crippen molar-refractivity contribution in [2.75, 3.05) is 13.7 Å². The Bertz CT molecular complexity index is 352. The van der Waals surface area contributed by atoms with E-state index in [1.165, 1.54) is 11.1 Å². The van der Waals surface area contributed by atoms with Gasteiger partial charge in [0.15, 0.2) is 0 Å². The van der Waals surface area contributed by atoms with Gasteiger partial charge in [-0.2, -0.15) is 0 Å². The van der Waals surface area contributed by atoms with Crippen molar-refractivity contribution in [1.82, 2.24) is 5.32 Å². The predicted molar refractivity (Wildman–Crippen MR) is 62.9 cm³/mol. The second kappa shape index (κ2) is 6.10. The van der Waals surface area contributed by atoms with Crippen LogP contribution < -0.4 is 10.1 Å². The molecule has 0 atom stereocenters. The topological polar surface area (TPSA) is 21.3 Å². The van der Waals surface area contributed by atoms with Crippen molar-refractivity contribution in [2.45, 2.75) is 19.9 Å². The quantitative estimate of drug-likeness (QED) is 0.584. The smallest absolute Gasteiger partial charge is 0.123 e. The van der Waals surface area contributed by atoms with Crippen LogP contribution in [0.2, 0.25) is 0 Å². The van der Waals surface area contributed by atoms with Crippen LogP contribution in [0.25, 0.3) is 0 Å². The number of benzene rings is 1. The Morgan fingerprint density at radius 2 is 2.27 bits per heavy atom. The fraction of sp³-hybridized carbons (Fsp3) is 0.385. The van der Waals surface area contributed by atoms with E-state index in [1.807, 2.05) is 12.1 Å². The van der Waals surface area contributed by atoms with Gasteiger partial charge in [0.2, 0.25) is 0 Å². The Labute approximate surface area is 91.6 Å². The van der Waals surface area contributed by atoms with Crippen molar-refractivity contribution in [2.24, 2.45) is 0 Å². The molecule has 0 saturated carbocycles. The number of hydrogen-bond acceptors (Lipinski definition) is 2. The molecule has 80 valence electrons. The lowest BCUT2D eigenvalue weighted by atomic mass is 10.1. The number of hydrogen-bond donors (Lipinski definition) is 1. The minimum atomic E-state index is 0.758. The summed E-state index contributed by atoms with van der Waals surface area (Å²) in [4.78, 5) is 0. The second-order valence-electron chi connectivity index (χ2n) is 3.45. The molecule has 0 radical (unpaired) electrons. The molecule has 0 bridgehead atoms. The maximum Gasteiger partial charge on any atom is 0.123 e. The number of ether oxygens (including phenoxy) is 1. The Morgan fingerprint density at radius 3 is 2.93 bits per heavy atom. The maximum atomic E-state index is 5.28. The first kappa shape index (κ1) is 11.6. The first-order valence-electron chi connectivity index (χ1n) is 5.05. The molecule has 2 heteroatoms. The average molecular weight is 203 g/mol. The molecule has 0 amide bonds. The zero-order valence-corrected chi connectivity index (χ0v) is 9.34. The average Bonchev–Trinajstić information content (AvgIpc) is 2.25. The molecule has 2 nitrogen and oxygen atoms in total. The lowest BCUT2D eigenvalue weighted by Gasteiger charge is -2.09. The van der Waals surface area contributed by atoms with E-state index in [4.69, 9.17) is 11.2 Å². The summed E-state index contributed by atoms with van der Waals surface area (Å²) < 4.78 is 5.28. The molecular weight excluding hydrogens is 186 g/mol. The Morgan fingerprint density at radius 1 is 1.47 bits per heavy atom. The SMILES string of the molecule is C#CCCNCc1cc(C)ccc1OC. The number of terminal acetylenes is 1. The third-order valence-corrected chi connectivity index (χ3v) is 2.20. The van der Waals surface area contributed by atoms with Crippen LogP contribution in [0.1, 0.15) is 17.5 Å². The third kappa shape index (κ3) is 3.65. The minimum absolute atomic E-state index is 0.758. The van der Waals surface area contributed by atoms with Crippen molar-refractivity contribution in [1.29, 1.82) is 0 Å². The summed E-state index contributed by atoms with van der Waals surface area (Å²) >= 11 is 0. The summed E-state index contributed by atoms with van der Waals surface area (Å²) in [6.07, 6.45) is 5.93. The Hall–Kier alpha value is -1.46. The fourth-order valence-electron chi connectivity index (χ4n) is 1.43. The lowest BCUT2D eigenvalue weighted by molar-refractivity contribution is 0.407. The van der Waals surface area contributed by atoms with Crippen LogP contribution in [-0.4, -0.2) is 13.7 Å². The maximum absolute atomic E-state index is 5.28. The van der Waals surface area contributed by atoms with E-state index in [2.05, 4.69) is 24.2 Å². The molecule has 15 heavy (non-hydrogen) atoms. The molecule has 0 unspecified atom stereocenters. The van der Waals surface area contributed by atoms with Gasteiger partial charge in [0, 0.05) is 25.1 Å². The molecule has 0 aliphatic carbocycles. The summed E-state index contributed by atoms with van der Waals surface area (Å²) in [6, 6.07) is 6.17. The standard InChI is InChI=1S/C13H17NO/c1-4-5-8-14-10-12-9-11(2)6-7-13(12)15-3/h1,6-7,9,14H,5,8,10H2,2-3H3. The van der Waals surface area contributed by atoms with Gasteiger partial charge in [-0.25, -0.2) is 0 Å². The molecule has 0 spiro atoms. The highest BCUT2D eigenvalue weighted by Crippen LogP contribution is 2.19. The van der Waals surface area contributed by atoms with E-state index < -0.39 is 0 Å². The van der Waals surface area contributed by atoms with Crippen molar-refractivity contribution in [3.05, 3.63) is 29.3 Å². The number of methoxy groups -OCH3 is 1. The van der Waals surface area contributed by atoms with Crippen molar-refractivity contribution in [3.63, 3.8) is 0 Å². The van der Waals surface area contributed by atoms with Crippen LogP contribution >= 0.6 is 0 Å². The Kier molecular flexibility index (Phi) is 4.73. The molecule has 0 aromatic heterocycles. The van der Waals surface area contributed by atoms with E-state index in [-0.39, 0.29) is 0 Å². The molecule has 1 aromatic carbocycles. The first-order chi connectivity index (χ1) is 7.27. The lowest BCUT2D eigenvalue weighted by Crippen LogP contribution is -2.14. The Balaban J connectivity index is 2.58. The largest absolute Gasteiger partial charge is 0.496 e. The summed E-state index contributed by atoms with van der Waals surface area (Å²) in [5.74, 6) is 3.53. The van der Waals surface area contributed by atoms with Crippen molar-refractivity contribution in [3.8, 4) is 18.1 Å². The molecule has 1 rings (SSSR count). The summed E-state index contributed by atoms with van der Waals surface area (Å²) in [5.41, 5.74) is 2.42. The van der Waals surface area contributed by atoms with Crippen LogP contribution in [-0.2, 0) is 6.54 Å². The van der Waals surface area contributed by atoms with Crippen LogP contribution in [0, 0.1) is 19.3 Å². The molecule has 0 fully saturated rings. The zero-order chi connectivity index (χ0) is 11.1. The van der Waals surface area contributed by atoms with Gasteiger partial charge in [-0.05, 0) is 13.0 Å². The normalized spacial score (nSPS) is 9.67. The van der Waals surface area contributed by atoms with Gasteiger partial charge in [0.25, 0.3) is 0 Å². The van der Waals surface area contributed by atoms with E-state index >= 15 is 0 Å². The molecule has 0 saturated heterocycles. The fourth-order valence-corrected chi connectivity index (χ4v) is 1.43. The minimum Gasteiger partial charge on any atom is -0.496 e. The number of nitrogens with one attached hydrogen (secondary N) is 1. The van der Waals surface area contributed by atoms with Gasteiger partial charge in [-0.3, -0.25) is 0 Å². The molecule has 0 aliphatic rings. The first-order valence-corrected chi connectivity index (χ1v) is 5.05. The van der Waals surface area contributed by atoms with E-state index in [9.17, 15) is 0 Å². The molecule has 0 heterocycles. The van der Waals surface area contributed by atoms with E-state index in [1.54, 1.807) is 7.11 Å². The molecule has 0 aliphatic heterocycles. The van der Waals surface area contributed by atoms with Gasteiger partial charge in [-0.1, -0.05) is 17.7 Å². The van der Waals surface area contributed by atoms with Crippen molar-refractivity contribution >= 4 is 0 Å². The van der Waals surface area contributed by atoms with Crippen molar-refractivity contribution < 1.29 is 4.74 Å². The summed E-state index contributed by atoms with van der Waals surface area (Å²) in [5, 5.41) is 3.28. The van der Waals surface area contributed by atoms with E-state index in [0.29, 0.717) is 0 Å². The molecular formula is C13H17NO. The van der Waals surface area contributed by atoms with E-state index in [0.717, 1.165) is 25.3 Å². The molecule has 1 N–H and O–H groups in total.